The number of aromatic nitrogens is 2. The zero-order chi connectivity index (χ0) is 15.2. The summed E-state index contributed by atoms with van der Waals surface area (Å²) in [5.41, 5.74) is 7.17. The number of nitrogens with two attached hydrogens (primary N) is 1. The molecule has 6 heteroatoms. The van der Waals surface area contributed by atoms with Gasteiger partial charge in [0, 0.05) is 30.9 Å². The Bertz CT molecular complexity index is 725. The van der Waals surface area contributed by atoms with Gasteiger partial charge in [0.15, 0.2) is 5.82 Å². The van der Waals surface area contributed by atoms with E-state index in [1.807, 2.05) is 18.3 Å². The van der Waals surface area contributed by atoms with Crippen molar-refractivity contribution in [2.75, 3.05) is 25.2 Å². The lowest BCUT2D eigenvalue weighted by Gasteiger charge is -2.04. The van der Waals surface area contributed by atoms with Gasteiger partial charge in [-0.2, -0.15) is 4.98 Å². The molecule has 3 aromatic rings. The number of H-pyrrole nitrogens is 1. The van der Waals surface area contributed by atoms with E-state index >= 15 is 0 Å². The molecule has 0 bridgehead atoms. The Kier molecular flexibility index (Phi) is 4.50. The monoisotopic (exact) mass is 286 g/mol. The average Bonchev–Trinajstić information content (AvgIpc) is 2.96. The van der Waals surface area contributed by atoms with Gasteiger partial charge in [0.05, 0.1) is 12.8 Å². The number of ether oxygens (including phenoxy) is 1. The highest BCUT2D eigenvalue weighted by atomic mass is 16.5. The Morgan fingerprint density at radius 3 is 2.76 bits per heavy atom. The van der Waals surface area contributed by atoms with E-state index in [0.29, 0.717) is 23.1 Å². The van der Waals surface area contributed by atoms with Crippen molar-refractivity contribution in [2.45, 2.75) is 0 Å². The number of phenols is 1. The molecule has 0 unspecified atom stereocenters. The van der Waals surface area contributed by atoms with E-state index in [-0.39, 0.29) is 0 Å². The first-order valence-corrected chi connectivity index (χ1v) is 6.38. The molecule has 0 aliphatic carbocycles. The number of benzene rings is 1. The molecule has 2 heterocycles. The van der Waals surface area contributed by atoms with E-state index in [1.165, 1.54) is 0 Å². The second kappa shape index (κ2) is 6.51. The van der Waals surface area contributed by atoms with E-state index in [9.17, 15) is 0 Å². The van der Waals surface area contributed by atoms with Gasteiger partial charge in [0.1, 0.15) is 5.75 Å². The molecule has 5 N–H and O–H groups in total. The number of nitrogens with one attached hydrogen (secondary N) is 2. The fraction of sp³-hybridized carbons (Fsp3) is 0.133. The SMILES string of the molecule is CNc1nc(OC)ccc1N.Oc1ccc2cc[nH]c2c1. The van der Waals surface area contributed by atoms with Crippen LogP contribution >= 0.6 is 0 Å². The average molecular weight is 286 g/mol. The van der Waals surface area contributed by atoms with Crippen LogP contribution in [0.4, 0.5) is 11.5 Å². The molecule has 21 heavy (non-hydrogen) atoms. The Morgan fingerprint density at radius 2 is 2.05 bits per heavy atom. The molecule has 2 aromatic heterocycles. The van der Waals surface area contributed by atoms with Gasteiger partial charge in [-0.15, -0.1) is 0 Å². The van der Waals surface area contributed by atoms with E-state index in [1.54, 1.807) is 38.4 Å². The third kappa shape index (κ3) is 3.56. The first kappa shape index (κ1) is 14.5. The minimum Gasteiger partial charge on any atom is -0.508 e. The second-order valence-corrected chi connectivity index (χ2v) is 4.29. The number of methoxy groups -OCH3 is 1. The molecule has 110 valence electrons. The molecular weight excluding hydrogens is 268 g/mol. The zero-order valence-corrected chi connectivity index (χ0v) is 11.9. The summed E-state index contributed by atoms with van der Waals surface area (Å²) in [5.74, 6) is 1.50. The maximum absolute atomic E-state index is 9.03. The lowest BCUT2D eigenvalue weighted by atomic mass is 10.2. The highest BCUT2D eigenvalue weighted by Gasteiger charge is 1.99. The number of fused-ring (bicyclic) bond motifs is 1. The fourth-order valence-corrected chi connectivity index (χ4v) is 1.80. The van der Waals surface area contributed by atoms with Crippen molar-refractivity contribution in [3.8, 4) is 11.6 Å². The third-order valence-corrected chi connectivity index (χ3v) is 2.89. The topological polar surface area (TPSA) is 96.2 Å². The number of hydrogen-bond acceptors (Lipinski definition) is 5. The van der Waals surface area contributed by atoms with Crippen LogP contribution < -0.4 is 15.8 Å². The molecule has 0 aliphatic rings. The van der Waals surface area contributed by atoms with Gasteiger partial charge in [0.2, 0.25) is 5.88 Å². The van der Waals surface area contributed by atoms with Crippen molar-refractivity contribution in [3.05, 3.63) is 42.6 Å². The maximum Gasteiger partial charge on any atom is 0.215 e. The number of pyridine rings is 1. The molecule has 0 aliphatic heterocycles. The van der Waals surface area contributed by atoms with Crippen LogP contribution in [0.2, 0.25) is 0 Å². The van der Waals surface area contributed by atoms with Gasteiger partial charge in [-0.1, -0.05) is 0 Å². The van der Waals surface area contributed by atoms with Crippen LogP contribution in [0.15, 0.2) is 42.6 Å². The molecule has 0 amide bonds. The van der Waals surface area contributed by atoms with Gasteiger partial charge < -0.3 is 25.9 Å². The fourth-order valence-electron chi connectivity index (χ4n) is 1.80. The molecule has 0 saturated carbocycles. The Morgan fingerprint density at radius 1 is 1.24 bits per heavy atom. The Hall–Kier alpha value is -2.89. The van der Waals surface area contributed by atoms with E-state index in [4.69, 9.17) is 15.6 Å². The number of phenolic OH excluding ortho intramolecular Hbond substituents is 1. The highest BCUT2D eigenvalue weighted by molar-refractivity contribution is 5.80. The molecule has 0 saturated heterocycles. The number of hydrogen-bond donors (Lipinski definition) is 4. The summed E-state index contributed by atoms with van der Waals surface area (Å²) in [6, 6.07) is 10.7. The van der Waals surface area contributed by atoms with Crippen molar-refractivity contribution in [2.24, 2.45) is 0 Å². The number of rotatable bonds is 2. The van der Waals surface area contributed by atoms with Crippen LogP contribution in [0.3, 0.4) is 0 Å². The normalized spacial score (nSPS) is 9.81. The van der Waals surface area contributed by atoms with Crippen LogP contribution in [-0.4, -0.2) is 29.2 Å². The molecular formula is C15H18N4O2. The van der Waals surface area contributed by atoms with Crippen LogP contribution in [0.25, 0.3) is 10.9 Å². The standard InChI is InChI=1S/C8H7NO.C7H11N3O/c10-7-2-1-6-3-4-9-8(6)5-7;1-9-7-5(8)3-4-6(10-7)11-2/h1-5,9-10H;3-4H,8H2,1-2H3,(H,9,10). The highest BCUT2D eigenvalue weighted by Crippen LogP contribution is 2.18. The molecule has 0 fully saturated rings. The van der Waals surface area contributed by atoms with Gasteiger partial charge >= 0.3 is 0 Å². The molecule has 3 rings (SSSR count). The summed E-state index contributed by atoms with van der Waals surface area (Å²) in [5, 5.41) is 13.0. The summed E-state index contributed by atoms with van der Waals surface area (Å²) >= 11 is 0. The number of nitrogens with zero attached hydrogens (tertiary/aromatic N) is 1. The summed E-state index contributed by atoms with van der Waals surface area (Å²) in [6.45, 7) is 0. The Labute approximate surface area is 122 Å². The van der Waals surface area contributed by atoms with Gasteiger partial charge in [-0.3, -0.25) is 0 Å². The van der Waals surface area contributed by atoms with Crippen LogP contribution in [-0.2, 0) is 0 Å². The van der Waals surface area contributed by atoms with Gasteiger partial charge in [0.25, 0.3) is 0 Å². The number of aromatic hydroxyl groups is 1. The first-order chi connectivity index (χ1) is 10.1. The zero-order valence-electron chi connectivity index (χ0n) is 11.9. The molecule has 1 aromatic carbocycles. The number of aromatic amines is 1. The van der Waals surface area contributed by atoms with Gasteiger partial charge in [-0.05, 0) is 29.7 Å². The van der Waals surface area contributed by atoms with Crippen molar-refractivity contribution in [3.63, 3.8) is 0 Å². The lowest BCUT2D eigenvalue weighted by Crippen LogP contribution is -1.99. The molecule has 6 nitrogen and oxygen atoms in total. The molecule has 0 radical (unpaired) electrons. The Balaban J connectivity index is 0.000000154. The van der Waals surface area contributed by atoms with E-state index < -0.39 is 0 Å². The predicted octanol–water partition coefficient (Wildman–Crippen LogP) is 2.59. The van der Waals surface area contributed by atoms with Crippen LogP contribution in [0, 0.1) is 0 Å². The van der Waals surface area contributed by atoms with Gasteiger partial charge in [-0.25, -0.2) is 0 Å². The minimum atomic E-state index is 0.301. The molecule has 0 spiro atoms. The van der Waals surface area contributed by atoms with Crippen molar-refractivity contribution >= 4 is 22.4 Å². The predicted molar refractivity (Wildman–Crippen MR) is 84.7 cm³/mol. The smallest absolute Gasteiger partial charge is 0.215 e. The lowest BCUT2D eigenvalue weighted by molar-refractivity contribution is 0.398. The number of anilines is 2. The third-order valence-electron chi connectivity index (χ3n) is 2.89. The van der Waals surface area contributed by atoms with Crippen LogP contribution in [0.1, 0.15) is 0 Å². The largest absolute Gasteiger partial charge is 0.508 e. The number of nitrogen functional groups attached to an aromatic ring is 1. The second-order valence-electron chi connectivity index (χ2n) is 4.29. The summed E-state index contributed by atoms with van der Waals surface area (Å²) in [4.78, 5) is 7.05. The molecule has 0 atom stereocenters. The van der Waals surface area contributed by atoms with Crippen LogP contribution in [0.5, 0.6) is 11.6 Å². The summed E-state index contributed by atoms with van der Waals surface area (Å²) < 4.78 is 4.90. The van der Waals surface area contributed by atoms with E-state index in [2.05, 4.69) is 15.3 Å². The van der Waals surface area contributed by atoms with Crippen molar-refractivity contribution in [1.29, 1.82) is 0 Å². The summed E-state index contributed by atoms with van der Waals surface area (Å²) in [7, 11) is 3.33. The maximum atomic E-state index is 9.03. The van der Waals surface area contributed by atoms with Crippen molar-refractivity contribution < 1.29 is 9.84 Å². The summed E-state index contributed by atoms with van der Waals surface area (Å²) in [6.07, 6.45) is 1.85. The first-order valence-electron chi connectivity index (χ1n) is 6.38. The van der Waals surface area contributed by atoms with E-state index in [0.717, 1.165) is 10.9 Å². The van der Waals surface area contributed by atoms with Crippen molar-refractivity contribution in [1.82, 2.24) is 9.97 Å². The quantitative estimate of drug-likeness (QED) is 0.580. The minimum absolute atomic E-state index is 0.301.